The van der Waals surface area contributed by atoms with Crippen molar-refractivity contribution in [1.82, 2.24) is 0 Å². The highest BCUT2D eigenvalue weighted by molar-refractivity contribution is 5.85. The van der Waals surface area contributed by atoms with Crippen LogP contribution < -0.4 is 16.1 Å². The van der Waals surface area contributed by atoms with Gasteiger partial charge in [0.1, 0.15) is 28.7 Å². The van der Waals surface area contributed by atoms with Crippen LogP contribution in [-0.2, 0) is 0 Å². The largest absolute Gasteiger partial charge is 0.460 e. The maximum absolute atomic E-state index is 12.9. The molecule has 5 rings (SSSR count). The van der Waals surface area contributed by atoms with Gasteiger partial charge in [0.2, 0.25) is 5.88 Å². The average molecular weight is 427 g/mol. The van der Waals surface area contributed by atoms with E-state index in [0.717, 1.165) is 0 Å². The number of hydrogen-bond donors (Lipinski definition) is 1. The molecule has 0 unspecified atom stereocenters. The number of hydrogen-bond acceptors (Lipinski definition) is 8. The van der Waals surface area contributed by atoms with Crippen molar-refractivity contribution >= 4 is 16.7 Å². The Bertz CT molecular complexity index is 1520. The van der Waals surface area contributed by atoms with Crippen LogP contribution in [0.3, 0.4) is 0 Å². The lowest BCUT2D eigenvalue weighted by Gasteiger charge is -2.24. The fourth-order valence-corrected chi connectivity index (χ4v) is 3.76. The molecule has 0 bridgehead atoms. The van der Waals surface area contributed by atoms with E-state index in [1.54, 1.807) is 48.5 Å². The number of fused-ring (bicyclic) bond motifs is 3. The Morgan fingerprint density at radius 2 is 1.78 bits per heavy atom. The number of benzene rings is 2. The molecule has 2 N–H and O–H groups in total. The Labute approximate surface area is 179 Å². The molecule has 0 radical (unpaired) electrons. The molecule has 1 aliphatic rings. The second-order valence-electron chi connectivity index (χ2n) is 7.06. The van der Waals surface area contributed by atoms with Gasteiger partial charge in [-0.15, -0.1) is 0 Å². The number of nitro groups is 1. The number of ether oxygens (including phenoxy) is 1. The standard InChI is InChI=1S/C23H13N3O6/c24-11-15-19(18-10-9-16(30-18)12-5-7-13(8-6-12)26(28)29)20-21(32-22(15)25)14-3-1-2-4-17(14)31-23(20)27/h1-10,19H,25H2/t19-/m0/s1. The van der Waals surface area contributed by atoms with E-state index in [1.807, 2.05) is 6.07 Å². The van der Waals surface area contributed by atoms with E-state index in [4.69, 9.17) is 19.3 Å². The predicted octanol–water partition coefficient (Wildman–Crippen LogP) is 4.18. The predicted molar refractivity (Wildman–Crippen MR) is 113 cm³/mol. The molecule has 1 atom stereocenters. The number of para-hydroxylation sites is 1. The Hall–Kier alpha value is -4.84. The van der Waals surface area contributed by atoms with Crippen LogP contribution in [-0.4, -0.2) is 4.92 Å². The molecule has 0 spiro atoms. The van der Waals surface area contributed by atoms with Crippen LogP contribution in [0.15, 0.2) is 85.7 Å². The van der Waals surface area contributed by atoms with Crippen molar-refractivity contribution in [3.63, 3.8) is 0 Å². The van der Waals surface area contributed by atoms with E-state index in [0.29, 0.717) is 22.3 Å². The molecule has 0 fully saturated rings. The highest BCUT2D eigenvalue weighted by Crippen LogP contribution is 2.44. The van der Waals surface area contributed by atoms with Crippen molar-refractivity contribution in [3.8, 4) is 23.1 Å². The van der Waals surface area contributed by atoms with Gasteiger partial charge in [-0.2, -0.15) is 5.26 Å². The Balaban J connectivity index is 1.67. The summed E-state index contributed by atoms with van der Waals surface area (Å²) in [4.78, 5) is 23.3. The summed E-state index contributed by atoms with van der Waals surface area (Å²) in [6.07, 6.45) is 0. The smallest absolute Gasteiger partial charge is 0.344 e. The number of nitrogens with zero attached hydrogens (tertiary/aromatic N) is 2. The first kappa shape index (κ1) is 19.1. The lowest BCUT2D eigenvalue weighted by atomic mass is 9.87. The van der Waals surface area contributed by atoms with Crippen LogP contribution in [0.4, 0.5) is 5.69 Å². The molecule has 9 nitrogen and oxygen atoms in total. The zero-order chi connectivity index (χ0) is 22.4. The molecule has 1 aliphatic heterocycles. The molecule has 0 saturated carbocycles. The maximum Gasteiger partial charge on any atom is 0.344 e. The summed E-state index contributed by atoms with van der Waals surface area (Å²) in [6, 6.07) is 17.9. The highest BCUT2D eigenvalue weighted by atomic mass is 16.6. The summed E-state index contributed by atoms with van der Waals surface area (Å²) >= 11 is 0. The fraction of sp³-hybridized carbons (Fsp3) is 0.0435. The summed E-state index contributed by atoms with van der Waals surface area (Å²) in [7, 11) is 0. The van der Waals surface area contributed by atoms with Gasteiger partial charge in [0.25, 0.3) is 5.69 Å². The van der Waals surface area contributed by atoms with Crippen LogP contribution >= 0.6 is 0 Å². The number of non-ortho nitro benzene ring substituents is 1. The van der Waals surface area contributed by atoms with Crippen molar-refractivity contribution in [2.75, 3.05) is 0 Å². The van der Waals surface area contributed by atoms with Gasteiger partial charge in [-0.05, 0) is 36.4 Å². The molecule has 4 aromatic rings. The van der Waals surface area contributed by atoms with Crippen molar-refractivity contribution in [1.29, 1.82) is 5.26 Å². The summed E-state index contributed by atoms with van der Waals surface area (Å²) < 4.78 is 17.1. The zero-order valence-electron chi connectivity index (χ0n) is 16.3. The van der Waals surface area contributed by atoms with E-state index in [1.165, 1.54) is 12.1 Å². The first-order valence-corrected chi connectivity index (χ1v) is 9.46. The number of nitro benzene ring substituents is 1. The Kier molecular flexibility index (Phi) is 4.27. The van der Waals surface area contributed by atoms with Crippen LogP contribution in [0.1, 0.15) is 17.2 Å². The first-order valence-electron chi connectivity index (χ1n) is 9.46. The van der Waals surface area contributed by atoms with Crippen molar-refractivity contribution in [3.05, 3.63) is 104 Å². The second-order valence-corrected chi connectivity index (χ2v) is 7.06. The normalized spacial score (nSPS) is 15.2. The van der Waals surface area contributed by atoms with Gasteiger partial charge in [-0.3, -0.25) is 10.1 Å². The third-order valence-corrected chi connectivity index (χ3v) is 5.25. The van der Waals surface area contributed by atoms with Gasteiger partial charge in [0.05, 0.1) is 21.8 Å². The van der Waals surface area contributed by atoms with Crippen LogP contribution in [0.2, 0.25) is 0 Å². The van der Waals surface area contributed by atoms with E-state index in [9.17, 15) is 20.2 Å². The van der Waals surface area contributed by atoms with E-state index >= 15 is 0 Å². The molecule has 0 aliphatic carbocycles. The average Bonchev–Trinajstić information content (AvgIpc) is 3.28. The Morgan fingerprint density at radius 1 is 1.03 bits per heavy atom. The van der Waals surface area contributed by atoms with Gasteiger partial charge < -0.3 is 19.3 Å². The number of rotatable bonds is 3. The highest BCUT2D eigenvalue weighted by Gasteiger charge is 2.37. The van der Waals surface area contributed by atoms with Crippen molar-refractivity contribution in [2.45, 2.75) is 5.92 Å². The molecule has 0 amide bonds. The minimum absolute atomic E-state index is 0.0182. The molecule has 2 aromatic carbocycles. The number of allylic oxidation sites excluding steroid dienone is 1. The van der Waals surface area contributed by atoms with Crippen LogP contribution in [0, 0.1) is 21.4 Å². The van der Waals surface area contributed by atoms with E-state index in [2.05, 4.69) is 0 Å². The minimum Gasteiger partial charge on any atom is -0.460 e. The van der Waals surface area contributed by atoms with Crippen molar-refractivity contribution in [2.24, 2.45) is 5.73 Å². The minimum atomic E-state index is -0.934. The van der Waals surface area contributed by atoms with E-state index in [-0.39, 0.29) is 34.2 Å². The fourth-order valence-electron chi connectivity index (χ4n) is 3.76. The lowest BCUT2D eigenvalue weighted by molar-refractivity contribution is -0.384. The van der Waals surface area contributed by atoms with Gasteiger partial charge >= 0.3 is 5.63 Å². The third-order valence-electron chi connectivity index (χ3n) is 5.25. The second kappa shape index (κ2) is 7.14. The van der Waals surface area contributed by atoms with Crippen LogP contribution in [0.5, 0.6) is 5.75 Å². The summed E-state index contributed by atoms with van der Waals surface area (Å²) in [5.41, 5.74) is 6.36. The number of nitrogens with two attached hydrogens (primary N) is 1. The topological polar surface area (TPSA) is 146 Å². The quantitative estimate of drug-likeness (QED) is 0.291. The monoisotopic (exact) mass is 427 g/mol. The van der Waals surface area contributed by atoms with Gasteiger partial charge in [0.15, 0.2) is 5.75 Å². The van der Waals surface area contributed by atoms with E-state index < -0.39 is 16.5 Å². The summed E-state index contributed by atoms with van der Waals surface area (Å²) in [6.45, 7) is 0. The summed E-state index contributed by atoms with van der Waals surface area (Å²) in [5, 5.41) is 21.1. The lowest BCUT2D eigenvalue weighted by Crippen LogP contribution is -2.26. The molecular formula is C23H13N3O6. The van der Waals surface area contributed by atoms with Crippen molar-refractivity contribution < 1.29 is 18.5 Å². The molecule has 156 valence electrons. The van der Waals surface area contributed by atoms with Gasteiger partial charge in [-0.1, -0.05) is 12.1 Å². The third kappa shape index (κ3) is 2.90. The number of furan rings is 1. The Morgan fingerprint density at radius 3 is 2.50 bits per heavy atom. The molecule has 9 heteroatoms. The number of nitriles is 1. The maximum atomic E-state index is 12.9. The summed E-state index contributed by atoms with van der Waals surface area (Å²) in [5.74, 6) is -0.161. The first-order chi connectivity index (χ1) is 15.5. The zero-order valence-corrected chi connectivity index (χ0v) is 16.3. The molecule has 32 heavy (non-hydrogen) atoms. The molecule has 2 aromatic heterocycles. The molecular weight excluding hydrogens is 414 g/mol. The van der Waals surface area contributed by atoms with Gasteiger partial charge in [0, 0.05) is 17.7 Å². The van der Waals surface area contributed by atoms with Crippen LogP contribution in [0.25, 0.3) is 22.3 Å². The molecule has 0 saturated heterocycles. The SMILES string of the molecule is N#CC1=C(N)Oc2c(c(=O)oc3ccccc23)[C@@H]1c1ccc(-c2ccc([N+](=O)[O-])cc2)o1. The van der Waals surface area contributed by atoms with Gasteiger partial charge in [-0.25, -0.2) is 4.79 Å². The molecule has 3 heterocycles.